The summed E-state index contributed by atoms with van der Waals surface area (Å²) >= 11 is 16.3. The minimum absolute atomic E-state index is 0.328. The van der Waals surface area contributed by atoms with E-state index in [1.807, 2.05) is 0 Å². The zero-order valence-corrected chi connectivity index (χ0v) is 10.4. The number of rotatable bonds is 3. The third kappa shape index (κ3) is 3.30. The van der Waals surface area contributed by atoms with E-state index in [9.17, 15) is 9.59 Å². The fraction of sp³-hybridized carbons (Fsp3) is 0.750. The highest BCUT2D eigenvalue weighted by molar-refractivity contribution is 6.48. The molecule has 0 aromatic rings. The zero-order chi connectivity index (χ0) is 12.3. The van der Waals surface area contributed by atoms with E-state index < -0.39 is 28.5 Å². The van der Waals surface area contributed by atoms with E-state index >= 15 is 0 Å². The van der Waals surface area contributed by atoms with Crippen molar-refractivity contribution in [3.8, 4) is 0 Å². The van der Waals surface area contributed by atoms with Gasteiger partial charge in [-0.15, -0.1) is 0 Å². The molecular weight excluding hydrogens is 280 g/mol. The molecule has 2 unspecified atom stereocenters. The van der Waals surface area contributed by atoms with Crippen LogP contribution in [0.15, 0.2) is 0 Å². The van der Waals surface area contributed by atoms with Crippen LogP contribution in [0.5, 0.6) is 0 Å². The van der Waals surface area contributed by atoms with E-state index in [0.29, 0.717) is 19.4 Å². The summed E-state index contributed by atoms with van der Waals surface area (Å²) in [5.74, 6) is -1.06. The van der Waals surface area contributed by atoms with Crippen LogP contribution in [-0.4, -0.2) is 45.1 Å². The average Bonchev–Trinajstić information content (AvgIpc) is 2.65. The molecule has 1 aliphatic rings. The Morgan fingerprint density at radius 1 is 1.38 bits per heavy atom. The topological polar surface area (TPSA) is 66.8 Å². The highest BCUT2D eigenvalue weighted by atomic mass is 35.5. The molecule has 0 bridgehead atoms. The SMILES string of the molecule is O=C(O)C1CCCN1C(=O)OC(Cl)C(Cl)Cl. The van der Waals surface area contributed by atoms with Gasteiger partial charge < -0.3 is 9.84 Å². The van der Waals surface area contributed by atoms with Crippen LogP contribution >= 0.6 is 34.8 Å². The Kier molecular flexibility index (Phi) is 4.95. The first kappa shape index (κ1) is 13.7. The summed E-state index contributed by atoms with van der Waals surface area (Å²) in [6.07, 6.45) is 0.212. The lowest BCUT2D eigenvalue weighted by molar-refractivity contribution is -0.141. The summed E-state index contributed by atoms with van der Waals surface area (Å²) in [6.45, 7) is 0.328. The molecule has 0 aliphatic carbocycles. The van der Waals surface area contributed by atoms with E-state index in [1.54, 1.807) is 0 Å². The fourth-order valence-corrected chi connectivity index (χ4v) is 1.64. The molecule has 8 heteroatoms. The van der Waals surface area contributed by atoms with Crippen molar-refractivity contribution >= 4 is 46.9 Å². The van der Waals surface area contributed by atoms with Crippen LogP contribution in [0.4, 0.5) is 4.79 Å². The maximum atomic E-state index is 11.5. The average molecular weight is 291 g/mol. The molecule has 1 fully saturated rings. The van der Waals surface area contributed by atoms with Gasteiger partial charge in [-0.3, -0.25) is 4.90 Å². The molecule has 1 heterocycles. The van der Waals surface area contributed by atoms with Gasteiger partial charge in [0, 0.05) is 6.54 Å². The number of likely N-dealkylation sites (tertiary alicyclic amines) is 1. The lowest BCUT2D eigenvalue weighted by Crippen LogP contribution is -2.42. The number of aliphatic carboxylic acids is 1. The van der Waals surface area contributed by atoms with Gasteiger partial charge in [-0.25, -0.2) is 9.59 Å². The number of carboxylic acid groups (broad SMARTS) is 1. The second-order valence-electron chi connectivity index (χ2n) is 3.26. The first-order valence-electron chi connectivity index (χ1n) is 4.55. The van der Waals surface area contributed by atoms with Crippen molar-refractivity contribution in [1.29, 1.82) is 0 Å². The van der Waals surface area contributed by atoms with Crippen molar-refractivity contribution in [1.82, 2.24) is 4.90 Å². The predicted octanol–water partition coefficient (Wildman–Crippen LogP) is 2.04. The van der Waals surface area contributed by atoms with Gasteiger partial charge in [-0.1, -0.05) is 34.8 Å². The largest absolute Gasteiger partial charge is 0.480 e. The van der Waals surface area contributed by atoms with Gasteiger partial charge in [0.2, 0.25) is 5.56 Å². The first-order valence-corrected chi connectivity index (χ1v) is 5.86. The van der Waals surface area contributed by atoms with E-state index in [0.717, 1.165) is 4.90 Å². The molecule has 0 aromatic carbocycles. The summed E-state index contributed by atoms with van der Waals surface area (Å²) < 4.78 is 4.70. The van der Waals surface area contributed by atoms with Gasteiger partial charge in [0.25, 0.3) is 0 Å². The van der Waals surface area contributed by atoms with E-state index in [-0.39, 0.29) is 0 Å². The highest BCUT2D eigenvalue weighted by Crippen LogP contribution is 2.21. The Balaban J connectivity index is 2.56. The zero-order valence-electron chi connectivity index (χ0n) is 8.11. The highest BCUT2D eigenvalue weighted by Gasteiger charge is 2.36. The molecule has 1 amide bonds. The number of carbonyl (C=O) groups excluding carboxylic acids is 1. The molecule has 0 radical (unpaired) electrons. The molecule has 1 aliphatic heterocycles. The smallest absolute Gasteiger partial charge is 0.412 e. The molecule has 0 aromatic heterocycles. The molecule has 92 valence electrons. The number of alkyl halides is 3. The van der Waals surface area contributed by atoms with Crippen LogP contribution in [-0.2, 0) is 9.53 Å². The Bertz CT molecular complexity index is 286. The van der Waals surface area contributed by atoms with E-state index in [1.165, 1.54) is 0 Å². The number of carbonyl (C=O) groups is 2. The number of halogens is 3. The number of carboxylic acids is 1. The molecular formula is C8H10Cl3NO4. The van der Waals surface area contributed by atoms with E-state index in [4.69, 9.17) is 44.6 Å². The quantitative estimate of drug-likeness (QED) is 0.808. The van der Waals surface area contributed by atoms with Crippen LogP contribution in [0.2, 0.25) is 0 Å². The molecule has 2 atom stereocenters. The van der Waals surface area contributed by atoms with Crippen LogP contribution in [0, 0.1) is 0 Å². The Morgan fingerprint density at radius 2 is 2.00 bits per heavy atom. The third-order valence-electron chi connectivity index (χ3n) is 2.18. The number of amides is 1. The van der Waals surface area contributed by atoms with Gasteiger partial charge in [0.05, 0.1) is 0 Å². The molecule has 16 heavy (non-hydrogen) atoms. The van der Waals surface area contributed by atoms with Crippen molar-refractivity contribution in [2.75, 3.05) is 6.54 Å². The minimum atomic E-state index is -1.19. The molecule has 1 saturated heterocycles. The number of hydrogen-bond donors (Lipinski definition) is 1. The third-order valence-corrected chi connectivity index (χ3v) is 3.24. The number of nitrogens with zero attached hydrogens (tertiary/aromatic N) is 1. The van der Waals surface area contributed by atoms with Crippen LogP contribution < -0.4 is 0 Å². The fourth-order valence-electron chi connectivity index (χ4n) is 1.46. The second-order valence-corrected chi connectivity index (χ2v) is 4.85. The predicted molar refractivity (Wildman–Crippen MR) is 59.0 cm³/mol. The monoisotopic (exact) mass is 289 g/mol. The Hall–Kier alpha value is -0.390. The van der Waals surface area contributed by atoms with Gasteiger partial charge in [0.15, 0.2) is 4.84 Å². The van der Waals surface area contributed by atoms with Gasteiger partial charge in [-0.05, 0) is 12.8 Å². The summed E-state index contributed by atoms with van der Waals surface area (Å²) in [5, 5.41) is 8.84. The van der Waals surface area contributed by atoms with Crippen LogP contribution in [0.1, 0.15) is 12.8 Å². The van der Waals surface area contributed by atoms with Gasteiger partial charge in [-0.2, -0.15) is 0 Å². The Labute approximate surface area is 107 Å². The summed E-state index contributed by atoms with van der Waals surface area (Å²) in [4.78, 5) is 22.4. The van der Waals surface area contributed by atoms with Crippen molar-refractivity contribution in [3.63, 3.8) is 0 Å². The summed E-state index contributed by atoms with van der Waals surface area (Å²) in [7, 11) is 0. The van der Waals surface area contributed by atoms with Crippen LogP contribution in [0.3, 0.4) is 0 Å². The molecule has 0 saturated carbocycles. The molecule has 1 N–H and O–H groups in total. The van der Waals surface area contributed by atoms with Crippen molar-refractivity contribution in [2.45, 2.75) is 29.3 Å². The number of hydrogen-bond acceptors (Lipinski definition) is 3. The lowest BCUT2D eigenvalue weighted by Gasteiger charge is -2.22. The standard InChI is InChI=1S/C8H10Cl3NO4/c9-5(10)6(11)16-8(15)12-3-1-2-4(12)7(13)14/h4-6H,1-3H2,(H,13,14). The molecule has 0 spiro atoms. The maximum Gasteiger partial charge on any atom is 0.412 e. The van der Waals surface area contributed by atoms with Crippen molar-refractivity contribution in [2.24, 2.45) is 0 Å². The first-order chi connectivity index (χ1) is 7.43. The van der Waals surface area contributed by atoms with Gasteiger partial charge in [0.1, 0.15) is 6.04 Å². The Morgan fingerprint density at radius 3 is 2.50 bits per heavy atom. The minimum Gasteiger partial charge on any atom is -0.480 e. The van der Waals surface area contributed by atoms with Crippen molar-refractivity contribution < 1.29 is 19.4 Å². The van der Waals surface area contributed by atoms with Crippen molar-refractivity contribution in [3.05, 3.63) is 0 Å². The summed E-state index contributed by atoms with van der Waals surface area (Å²) in [6, 6.07) is -0.861. The van der Waals surface area contributed by atoms with Gasteiger partial charge >= 0.3 is 12.1 Å². The van der Waals surface area contributed by atoms with E-state index in [2.05, 4.69) is 0 Å². The maximum absolute atomic E-state index is 11.5. The second kappa shape index (κ2) is 5.80. The lowest BCUT2D eigenvalue weighted by atomic mass is 10.2. The molecule has 5 nitrogen and oxygen atoms in total. The van der Waals surface area contributed by atoms with Crippen LogP contribution in [0.25, 0.3) is 0 Å². The molecule has 1 rings (SSSR count). The summed E-state index contributed by atoms with van der Waals surface area (Å²) in [5.41, 5.74) is -1.19. The normalized spacial score (nSPS) is 22.2. The number of ether oxygens (including phenoxy) is 1.